The molecule has 2 aromatic heterocycles. The van der Waals surface area contributed by atoms with Crippen molar-refractivity contribution in [3.05, 3.63) is 39.0 Å². The molecule has 1 fully saturated rings. The van der Waals surface area contributed by atoms with E-state index >= 15 is 0 Å². The van der Waals surface area contributed by atoms with Crippen molar-refractivity contribution in [2.75, 3.05) is 50.9 Å². The number of nitrogens with zero attached hydrogens (tertiary/aromatic N) is 3. The average Bonchev–Trinajstić information content (AvgIpc) is 3.35. The van der Waals surface area contributed by atoms with Crippen LogP contribution in [0.5, 0.6) is 5.75 Å². The predicted molar refractivity (Wildman–Crippen MR) is 129 cm³/mol. The van der Waals surface area contributed by atoms with Crippen LogP contribution in [0.2, 0.25) is 0 Å². The van der Waals surface area contributed by atoms with Gasteiger partial charge in [0.25, 0.3) is 5.91 Å². The molecule has 1 amide bonds. The quantitative estimate of drug-likeness (QED) is 0.432. The molecule has 1 aromatic carbocycles. The lowest BCUT2D eigenvalue weighted by Gasteiger charge is -2.29. The van der Waals surface area contributed by atoms with Crippen molar-refractivity contribution in [1.29, 1.82) is 0 Å². The van der Waals surface area contributed by atoms with Crippen LogP contribution in [0.1, 0.15) is 16.6 Å². The highest BCUT2D eigenvalue weighted by atomic mass is 79.9. The van der Waals surface area contributed by atoms with Crippen LogP contribution in [0.3, 0.4) is 0 Å². The van der Waals surface area contributed by atoms with Gasteiger partial charge < -0.3 is 9.47 Å². The fourth-order valence-corrected chi connectivity index (χ4v) is 5.53. The number of hydrogen-bond donors (Lipinski definition) is 0. The molecule has 3 aromatic rings. The highest BCUT2D eigenvalue weighted by Gasteiger charge is 2.24. The summed E-state index contributed by atoms with van der Waals surface area (Å²) in [4.78, 5) is 22.9. The van der Waals surface area contributed by atoms with E-state index in [4.69, 9.17) is 14.5 Å². The van der Waals surface area contributed by atoms with Crippen molar-refractivity contribution in [3.8, 4) is 5.75 Å². The standard InChI is InChI=1S/C20H22BrN3O3S2.ClH/c1-2-27-14-3-4-15-17(13-14)29-20(22-15)24(8-7-23-9-11-26-12-10-23)19(25)16-5-6-18(21)28-16;/h3-6,13H,2,7-12H2,1H3;1H. The number of benzene rings is 1. The zero-order valence-corrected chi connectivity index (χ0v) is 20.5. The van der Waals surface area contributed by atoms with Crippen molar-refractivity contribution < 1.29 is 14.3 Å². The molecular weight excluding hydrogens is 510 g/mol. The summed E-state index contributed by atoms with van der Waals surface area (Å²) in [5.74, 6) is 0.807. The molecule has 1 aliphatic heterocycles. The third-order valence-electron chi connectivity index (χ3n) is 4.66. The van der Waals surface area contributed by atoms with Gasteiger partial charge in [0.05, 0.1) is 38.7 Å². The summed E-state index contributed by atoms with van der Waals surface area (Å²) in [6, 6.07) is 9.63. The fourth-order valence-electron chi connectivity index (χ4n) is 3.18. The number of carbonyl (C=O) groups excluding carboxylic acids is 1. The molecule has 0 spiro atoms. The lowest BCUT2D eigenvalue weighted by Crippen LogP contribution is -2.43. The van der Waals surface area contributed by atoms with Crippen molar-refractivity contribution in [2.24, 2.45) is 0 Å². The maximum Gasteiger partial charge on any atom is 0.270 e. The van der Waals surface area contributed by atoms with Crippen LogP contribution in [0, 0.1) is 0 Å². The highest BCUT2D eigenvalue weighted by molar-refractivity contribution is 9.11. The van der Waals surface area contributed by atoms with Crippen molar-refractivity contribution in [3.63, 3.8) is 0 Å². The van der Waals surface area contributed by atoms with E-state index in [0.29, 0.717) is 18.0 Å². The summed E-state index contributed by atoms with van der Waals surface area (Å²) in [6.45, 7) is 7.24. The van der Waals surface area contributed by atoms with Gasteiger partial charge in [-0.2, -0.15) is 0 Å². The minimum Gasteiger partial charge on any atom is -0.494 e. The predicted octanol–water partition coefficient (Wildman–Crippen LogP) is 4.92. The molecule has 162 valence electrons. The van der Waals surface area contributed by atoms with E-state index in [1.807, 2.05) is 37.3 Å². The van der Waals surface area contributed by atoms with E-state index < -0.39 is 0 Å². The molecule has 4 rings (SSSR count). The molecular formula is C20H23BrClN3O3S2. The van der Waals surface area contributed by atoms with Gasteiger partial charge in [-0.25, -0.2) is 4.98 Å². The van der Waals surface area contributed by atoms with Crippen LogP contribution in [-0.4, -0.2) is 61.8 Å². The summed E-state index contributed by atoms with van der Waals surface area (Å²) in [6.07, 6.45) is 0. The topological polar surface area (TPSA) is 54.9 Å². The molecule has 0 bridgehead atoms. The molecule has 6 nitrogen and oxygen atoms in total. The fraction of sp³-hybridized carbons (Fsp3) is 0.400. The molecule has 0 N–H and O–H groups in total. The Kier molecular flexibility index (Phi) is 8.50. The first-order valence-electron chi connectivity index (χ1n) is 9.54. The number of thiophene rings is 1. The van der Waals surface area contributed by atoms with E-state index in [1.54, 1.807) is 4.90 Å². The summed E-state index contributed by atoms with van der Waals surface area (Å²) in [5, 5.41) is 0.719. The van der Waals surface area contributed by atoms with Gasteiger partial charge in [-0.15, -0.1) is 23.7 Å². The Bertz CT molecular complexity index is 991. The molecule has 3 heterocycles. The van der Waals surface area contributed by atoms with E-state index in [2.05, 4.69) is 20.8 Å². The van der Waals surface area contributed by atoms with E-state index in [0.717, 1.165) is 57.7 Å². The van der Waals surface area contributed by atoms with Crippen LogP contribution in [0.4, 0.5) is 5.13 Å². The summed E-state index contributed by atoms with van der Waals surface area (Å²) in [7, 11) is 0. The van der Waals surface area contributed by atoms with Crippen LogP contribution in [0.25, 0.3) is 10.2 Å². The maximum atomic E-state index is 13.3. The molecule has 0 radical (unpaired) electrons. The Morgan fingerprint density at radius 2 is 2.07 bits per heavy atom. The van der Waals surface area contributed by atoms with Gasteiger partial charge in [0.2, 0.25) is 0 Å². The highest BCUT2D eigenvalue weighted by Crippen LogP contribution is 2.33. The van der Waals surface area contributed by atoms with Crippen LogP contribution in [-0.2, 0) is 4.74 Å². The Morgan fingerprint density at radius 1 is 1.27 bits per heavy atom. The second-order valence-electron chi connectivity index (χ2n) is 6.57. The number of carbonyl (C=O) groups is 1. The SMILES string of the molecule is CCOc1ccc2nc(N(CCN3CCOCC3)C(=O)c3ccc(Br)s3)sc2c1.Cl. The van der Waals surface area contributed by atoms with Gasteiger partial charge in [-0.1, -0.05) is 11.3 Å². The molecule has 1 aliphatic rings. The second kappa shape index (κ2) is 10.9. The molecule has 0 unspecified atom stereocenters. The molecule has 1 saturated heterocycles. The number of amides is 1. The van der Waals surface area contributed by atoms with Crippen molar-refractivity contribution >= 4 is 72.3 Å². The zero-order valence-electron chi connectivity index (χ0n) is 16.5. The van der Waals surface area contributed by atoms with Gasteiger partial charge in [0.1, 0.15) is 5.75 Å². The largest absolute Gasteiger partial charge is 0.494 e. The monoisotopic (exact) mass is 531 g/mol. The maximum absolute atomic E-state index is 13.3. The van der Waals surface area contributed by atoms with Crippen molar-refractivity contribution in [2.45, 2.75) is 6.92 Å². The number of rotatable bonds is 7. The summed E-state index contributed by atoms with van der Waals surface area (Å²) < 4.78 is 13.0. The van der Waals surface area contributed by atoms with Crippen LogP contribution < -0.4 is 9.64 Å². The molecule has 30 heavy (non-hydrogen) atoms. The van der Waals surface area contributed by atoms with E-state index in [1.165, 1.54) is 22.7 Å². The first-order chi connectivity index (χ1) is 14.1. The van der Waals surface area contributed by atoms with E-state index in [-0.39, 0.29) is 18.3 Å². The Labute approximate surface area is 198 Å². The third kappa shape index (κ3) is 5.52. The number of anilines is 1. The average molecular weight is 533 g/mol. The number of aromatic nitrogens is 1. The normalized spacial score (nSPS) is 14.5. The Morgan fingerprint density at radius 3 is 2.77 bits per heavy atom. The summed E-state index contributed by atoms with van der Waals surface area (Å²) >= 11 is 6.43. The molecule has 0 aliphatic carbocycles. The van der Waals surface area contributed by atoms with Crippen LogP contribution >= 0.6 is 51.0 Å². The Balaban J connectivity index is 0.00000256. The first-order valence-corrected chi connectivity index (χ1v) is 12.0. The molecule has 0 atom stereocenters. The Hall–Kier alpha value is -1.23. The van der Waals surface area contributed by atoms with Gasteiger partial charge in [0.15, 0.2) is 5.13 Å². The van der Waals surface area contributed by atoms with Gasteiger partial charge in [-0.3, -0.25) is 14.6 Å². The van der Waals surface area contributed by atoms with Gasteiger partial charge in [-0.05, 0) is 53.2 Å². The lowest BCUT2D eigenvalue weighted by atomic mass is 10.3. The summed E-state index contributed by atoms with van der Waals surface area (Å²) in [5.41, 5.74) is 0.880. The zero-order chi connectivity index (χ0) is 20.2. The number of fused-ring (bicyclic) bond motifs is 1. The number of thiazole rings is 1. The van der Waals surface area contributed by atoms with Gasteiger partial charge in [0, 0.05) is 26.2 Å². The smallest absolute Gasteiger partial charge is 0.270 e. The number of morpholine rings is 1. The second-order valence-corrected chi connectivity index (χ2v) is 10.0. The first kappa shape index (κ1) is 23.4. The van der Waals surface area contributed by atoms with Gasteiger partial charge >= 0.3 is 0 Å². The van der Waals surface area contributed by atoms with Crippen LogP contribution in [0.15, 0.2) is 34.1 Å². The lowest BCUT2D eigenvalue weighted by molar-refractivity contribution is 0.0391. The van der Waals surface area contributed by atoms with Crippen molar-refractivity contribution in [1.82, 2.24) is 9.88 Å². The van der Waals surface area contributed by atoms with E-state index in [9.17, 15) is 4.79 Å². The number of ether oxygens (including phenoxy) is 2. The minimum absolute atomic E-state index is 0. The molecule has 0 saturated carbocycles. The molecule has 10 heteroatoms. The third-order valence-corrected chi connectivity index (χ3v) is 7.32. The number of hydrogen-bond acceptors (Lipinski definition) is 7. The minimum atomic E-state index is -0.0157. The number of halogens is 2.